The Morgan fingerprint density at radius 2 is 1.91 bits per heavy atom. The maximum Gasteiger partial charge on any atom is 0.417 e. The summed E-state index contributed by atoms with van der Waals surface area (Å²) in [7, 11) is 0. The molecular weight excluding hydrogens is 483 g/mol. The van der Waals surface area contributed by atoms with Crippen LogP contribution < -0.4 is 10.2 Å². The average Bonchev–Trinajstić information content (AvgIpc) is 3.28. The zero-order valence-electron chi connectivity index (χ0n) is 18.2. The Labute approximate surface area is 202 Å². The Hall–Kier alpha value is -3.63. The summed E-state index contributed by atoms with van der Waals surface area (Å²) in [5.41, 5.74) is 0.528. The number of pyridine rings is 1. The van der Waals surface area contributed by atoms with E-state index in [2.05, 4.69) is 20.3 Å². The van der Waals surface area contributed by atoms with Gasteiger partial charge in [-0.1, -0.05) is 17.7 Å². The van der Waals surface area contributed by atoms with Crippen molar-refractivity contribution in [3.63, 3.8) is 0 Å². The Morgan fingerprint density at radius 3 is 2.63 bits per heavy atom. The largest absolute Gasteiger partial charge is 0.417 e. The van der Waals surface area contributed by atoms with Crippen LogP contribution in [0.15, 0.2) is 54.7 Å². The van der Waals surface area contributed by atoms with Crippen LogP contribution in [0.2, 0.25) is 5.02 Å². The van der Waals surface area contributed by atoms with E-state index in [4.69, 9.17) is 16.3 Å². The molecule has 1 aliphatic rings. The van der Waals surface area contributed by atoms with Crippen molar-refractivity contribution in [1.29, 1.82) is 0 Å². The van der Waals surface area contributed by atoms with Crippen LogP contribution in [-0.4, -0.2) is 47.2 Å². The van der Waals surface area contributed by atoms with Gasteiger partial charge >= 0.3 is 6.18 Å². The van der Waals surface area contributed by atoms with E-state index in [1.54, 1.807) is 36.5 Å². The number of hydrogen-bond acceptors (Lipinski definition) is 5. The normalized spacial score (nSPS) is 14.3. The molecule has 35 heavy (non-hydrogen) atoms. The van der Waals surface area contributed by atoms with Crippen LogP contribution in [0.1, 0.15) is 15.9 Å². The molecule has 180 valence electrons. The molecule has 1 amide bonds. The zero-order chi connectivity index (χ0) is 24.6. The highest BCUT2D eigenvalue weighted by molar-refractivity contribution is 6.30. The number of aromatic amines is 1. The zero-order valence-corrected chi connectivity index (χ0v) is 19.0. The first-order valence-electron chi connectivity index (χ1n) is 10.8. The molecule has 1 fully saturated rings. The van der Waals surface area contributed by atoms with Crippen molar-refractivity contribution in [1.82, 2.24) is 15.0 Å². The number of nitrogens with one attached hydrogen (secondary N) is 2. The van der Waals surface area contributed by atoms with Crippen molar-refractivity contribution >= 4 is 40.0 Å². The lowest BCUT2D eigenvalue weighted by molar-refractivity contribution is -0.137. The minimum Gasteiger partial charge on any atom is -0.378 e. The second-order valence-corrected chi connectivity index (χ2v) is 8.37. The SMILES string of the molecule is O=C(Nc1ccccn1)c1cc(N2CCOCC2)cc2[nH]c(-c3ccc(Cl)cc3C(F)(F)F)nc12. The summed E-state index contributed by atoms with van der Waals surface area (Å²) in [6, 6.07) is 12.0. The van der Waals surface area contributed by atoms with Gasteiger partial charge in [0.15, 0.2) is 0 Å². The molecule has 11 heteroatoms. The van der Waals surface area contributed by atoms with Crippen molar-refractivity contribution < 1.29 is 22.7 Å². The Balaban J connectivity index is 1.64. The molecule has 4 aromatic rings. The minimum atomic E-state index is -4.64. The second-order valence-electron chi connectivity index (χ2n) is 7.93. The van der Waals surface area contributed by atoms with Gasteiger partial charge in [0, 0.05) is 35.6 Å². The van der Waals surface area contributed by atoms with E-state index in [-0.39, 0.29) is 27.5 Å². The predicted molar refractivity (Wildman–Crippen MR) is 127 cm³/mol. The quantitative estimate of drug-likeness (QED) is 0.392. The molecule has 0 unspecified atom stereocenters. The number of alkyl halides is 3. The molecule has 0 atom stereocenters. The van der Waals surface area contributed by atoms with Crippen LogP contribution in [0.5, 0.6) is 0 Å². The van der Waals surface area contributed by atoms with Crippen LogP contribution >= 0.6 is 11.6 Å². The summed E-state index contributed by atoms with van der Waals surface area (Å²) < 4.78 is 46.6. The molecule has 0 spiro atoms. The van der Waals surface area contributed by atoms with E-state index in [9.17, 15) is 18.0 Å². The number of fused-ring (bicyclic) bond motifs is 1. The number of nitrogens with zero attached hydrogens (tertiary/aromatic N) is 3. The molecule has 0 bridgehead atoms. The summed E-state index contributed by atoms with van der Waals surface area (Å²) >= 11 is 5.83. The third-order valence-corrected chi connectivity index (χ3v) is 5.88. The number of carbonyl (C=O) groups is 1. The molecule has 2 aromatic carbocycles. The monoisotopic (exact) mass is 501 g/mol. The van der Waals surface area contributed by atoms with Crippen LogP contribution in [0.25, 0.3) is 22.4 Å². The number of amides is 1. The number of imidazole rings is 1. The van der Waals surface area contributed by atoms with Crippen LogP contribution in [0.3, 0.4) is 0 Å². The Morgan fingerprint density at radius 1 is 1.11 bits per heavy atom. The number of halogens is 4. The fourth-order valence-electron chi connectivity index (χ4n) is 3.98. The molecule has 2 N–H and O–H groups in total. The minimum absolute atomic E-state index is 0.0185. The third-order valence-electron chi connectivity index (χ3n) is 5.64. The van der Waals surface area contributed by atoms with E-state index in [0.29, 0.717) is 37.6 Å². The smallest absolute Gasteiger partial charge is 0.378 e. The standard InChI is InChI=1S/C24H19ClF3N5O2/c25-14-4-5-16(18(11-14)24(26,27)28)22-30-19-13-15(33-7-9-35-10-8-33)12-17(21(19)32-22)23(34)31-20-3-1-2-6-29-20/h1-6,11-13H,7-10H2,(H,30,32)(H,29,31,34). The Bertz CT molecular complexity index is 1390. The van der Waals surface area contributed by atoms with Crippen LogP contribution in [-0.2, 0) is 10.9 Å². The number of carbonyl (C=O) groups excluding carboxylic acids is 1. The van der Waals surface area contributed by atoms with Gasteiger partial charge in [-0.25, -0.2) is 9.97 Å². The van der Waals surface area contributed by atoms with Crippen molar-refractivity contribution in [3.05, 3.63) is 70.9 Å². The summed E-state index contributed by atoms with van der Waals surface area (Å²) in [4.78, 5) is 26.8. The summed E-state index contributed by atoms with van der Waals surface area (Å²) in [6.45, 7) is 2.29. The van der Waals surface area contributed by atoms with E-state index in [0.717, 1.165) is 11.8 Å². The van der Waals surface area contributed by atoms with Gasteiger partial charge in [0.25, 0.3) is 5.91 Å². The van der Waals surface area contributed by atoms with Gasteiger partial charge in [-0.3, -0.25) is 4.79 Å². The fourth-order valence-corrected chi connectivity index (χ4v) is 4.16. The van der Waals surface area contributed by atoms with E-state index < -0.39 is 17.6 Å². The molecule has 0 aliphatic carbocycles. The number of hydrogen-bond donors (Lipinski definition) is 2. The van der Waals surface area contributed by atoms with Gasteiger partial charge < -0.3 is 19.9 Å². The molecule has 1 aliphatic heterocycles. The van der Waals surface area contributed by atoms with E-state index in [1.807, 2.05) is 4.90 Å². The first-order chi connectivity index (χ1) is 16.8. The molecule has 7 nitrogen and oxygen atoms in total. The lowest BCUT2D eigenvalue weighted by Crippen LogP contribution is -2.36. The number of rotatable bonds is 4. The lowest BCUT2D eigenvalue weighted by atomic mass is 10.1. The van der Waals surface area contributed by atoms with Gasteiger partial charge in [-0.15, -0.1) is 0 Å². The van der Waals surface area contributed by atoms with Gasteiger partial charge in [-0.05, 0) is 42.5 Å². The molecule has 1 saturated heterocycles. The molecule has 0 radical (unpaired) electrons. The highest BCUT2D eigenvalue weighted by atomic mass is 35.5. The summed E-state index contributed by atoms with van der Waals surface area (Å²) in [5, 5.41) is 2.69. The fraction of sp³-hybridized carbons (Fsp3) is 0.208. The molecule has 2 aromatic heterocycles. The highest BCUT2D eigenvalue weighted by Gasteiger charge is 2.35. The van der Waals surface area contributed by atoms with Crippen LogP contribution in [0, 0.1) is 0 Å². The number of benzene rings is 2. The van der Waals surface area contributed by atoms with Crippen molar-refractivity contribution in [2.75, 3.05) is 36.5 Å². The summed E-state index contributed by atoms with van der Waals surface area (Å²) in [5.74, 6) is -0.153. The van der Waals surface area contributed by atoms with Crippen LogP contribution in [0.4, 0.5) is 24.7 Å². The van der Waals surface area contributed by atoms with Crippen molar-refractivity contribution in [2.45, 2.75) is 6.18 Å². The topological polar surface area (TPSA) is 83.1 Å². The van der Waals surface area contributed by atoms with E-state index in [1.165, 1.54) is 12.1 Å². The number of anilines is 2. The second kappa shape index (κ2) is 9.20. The third kappa shape index (κ3) is 4.80. The maximum atomic E-state index is 13.7. The number of aromatic nitrogens is 3. The molecule has 5 rings (SSSR count). The molecule has 0 saturated carbocycles. The van der Waals surface area contributed by atoms with Gasteiger partial charge in [-0.2, -0.15) is 13.2 Å². The Kier molecular flexibility index (Phi) is 6.08. The van der Waals surface area contributed by atoms with E-state index >= 15 is 0 Å². The predicted octanol–water partition coefficient (Wildman–Crippen LogP) is 5.39. The molecular formula is C24H19ClF3N5O2. The van der Waals surface area contributed by atoms with Gasteiger partial charge in [0.05, 0.1) is 29.9 Å². The number of morpholine rings is 1. The average molecular weight is 502 g/mol. The van der Waals surface area contributed by atoms with Gasteiger partial charge in [0.1, 0.15) is 17.2 Å². The first kappa shape index (κ1) is 23.1. The highest BCUT2D eigenvalue weighted by Crippen LogP contribution is 2.39. The van der Waals surface area contributed by atoms with Crippen molar-refractivity contribution in [3.8, 4) is 11.4 Å². The molecule has 3 heterocycles. The number of H-pyrrole nitrogens is 1. The first-order valence-corrected chi connectivity index (χ1v) is 11.1. The lowest BCUT2D eigenvalue weighted by Gasteiger charge is -2.29. The van der Waals surface area contributed by atoms with Gasteiger partial charge in [0.2, 0.25) is 0 Å². The number of ether oxygens (including phenoxy) is 1. The summed E-state index contributed by atoms with van der Waals surface area (Å²) in [6.07, 6.45) is -3.10. The maximum absolute atomic E-state index is 13.7. The van der Waals surface area contributed by atoms with Crippen molar-refractivity contribution in [2.24, 2.45) is 0 Å².